The fourth-order valence-electron chi connectivity index (χ4n) is 0.354. The standard InChI is InChI=1S/C7H8BrN/c1-5-3-4-9-7(8)6(5)2/h3-4H,1-2H3/i1D3,2D3,3D,4D. The molecule has 0 atom stereocenters. The van der Waals surface area contributed by atoms with Crippen LogP contribution in [0.25, 0.3) is 0 Å². The Morgan fingerprint density at radius 2 is 2.67 bits per heavy atom. The van der Waals surface area contributed by atoms with E-state index in [0.717, 1.165) is 0 Å². The molecule has 2 heteroatoms. The van der Waals surface area contributed by atoms with Crippen molar-refractivity contribution in [1.29, 1.82) is 0 Å². The van der Waals surface area contributed by atoms with Gasteiger partial charge in [-0.15, -0.1) is 0 Å². The van der Waals surface area contributed by atoms with Crippen LogP contribution in [0.1, 0.15) is 22.1 Å². The molecule has 1 nitrogen and oxygen atoms in total. The van der Waals surface area contributed by atoms with E-state index >= 15 is 0 Å². The minimum absolute atomic E-state index is 0.232. The zero-order valence-corrected chi connectivity index (χ0v) is 5.91. The van der Waals surface area contributed by atoms with Crippen molar-refractivity contribution in [3.05, 3.63) is 27.9 Å². The van der Waals surface area contributed by atoms with Crippen LogP contribution in [0.2, 0.25) is 0 Å². The minimum atomic E-state index is -2.78. The van der Waals surface area contributed by atoms with E-state index in [1.807, 2.05) is 0 Å². The first-order chi connectivity index (χ1) is 7.46. The summed E-state index contributed by atoms with van der Waals surface area (Å²) in [5.74, 6) is 0. The van der Waals surface area contributed by atoms with Gasteiger partial charge < -0.3 is 0 Å². The minimum Gasteiger partial charge on any atom is -0.249 e. The quantitative estimate of drug-likeness (QED) is 0.578. The first kappa shape index (κ1) is 1.82. The van der Waals surface area contributed by atoms with Crippen LogP contribution < -0.4 is 0 Å². The highest BCUT2D eigenvalue weighted by Crippen LogP contribution is 2.14. The summed E-state index contributed by atoms with van der Waals surface area (Å²) in [5.41, 5.74) is -1.18. The van der Waals surface area contributed by atoms with Gasteiger partial charge in [0.2, 0.25) is 0 Å². The lowest BCUT2D eigenvalue weighted by molar-refractivity contribution is 1.17. The monoisotopic (exact) mass is 193 g/mol. The van der Waals surface area contributed by atoms with Gasteiger partial charge in [-0.05, 0) is 46.8 Å². The summed E-state index contributed by atoms with van der Waals surface area (Å²) in [5, 5.41) is 0. The number of aromatic nitrogens is 1. The van der Waals surface area contributed by atoms with Crippen molar-refractivity contribution < 1.29 is 11.0 Å². The Bertz CT molecular complexity index is 449. The molecule has 0 bridgehead atoms. The SMILES string of the molecule is [2H]c1nc(Br)c(C([2H])([2H])[2H])c(C([2H])([2H])[2H])c1[2H]. The molecule has 0 aliphatic heterocycles. The molecule has 0 aromatic carbocycles. The van der Waals surface area contributed by atoms with Crippen LogP contribution in [0.5, 0.6) is 0 Å². The summed E-state index contributed by atoms with van der Waals surface area (Å²) in [6.07, 6.45) is -0.573. The van der Waals surface area contributed by atoms with E-state index in [0.29, 0.717) is 0 Å². The van der Waals surface area contributed by atoms with E-state index in [-0.39, 0.29) is 4.60 Å². The number of hydrogen-bond acceptors (Lipinski definition) is 1. The summed E-state index contributed by atoms with van der Waals surface area (Å²) < 4.78 is 58.2. The predicted octanol–water partition coefficient (Wildman–Crippen LogP) is 2.46. The third-order valence-corrected chi connectivity index (χ3v) is 1.37. The van der Waals surface area contributed by atoms with Gasteiger partial charge in [-0.2, -0.15) is 0 Å². The molecule has 0 N–H and O–H groups in total. The van der Waals surface area contributed by atoms with Crippen molar-refractivity contribution in [2.24, 2.45) is 0 Å². The van der Waals surface area contributed by atoms with Crippen molar-refractivity contribution in [2.45, 2.75) is 13.7 Å². The molecule has 0 spiro atoms. The molecule has 1 aromatic heterocycles. The predicted molar refractivity (Wildman–Crippen MR) is 41.4 cm³/mol. The Kier molecular flexibility index (Phi) is 0.501. The molecule has 0 aliphatic carbocycles. The molecular weight excluding hydrogens is 178 g/mol. The molecule has 9 heavy (non-hydrogen) atoms. The highest BCUT2D eigenvalue weighted by atomic mass is 79.9. The van der Waals surface area contributed by atoms with Crippen LogP contribution >= 0.6 is 15.9 Å². The van der Waals surface area contributed by atoms with Gasteiger partial charge in [0.1, 0.15) is 4.60 Å². The Balaban J connectivity index is 3.76. The second-order valence-corrected chi connectivity index (χ2v) is 2.14. The van der Waals surface area contributed by atoms with E-state index in [4.69, 9.17) is 11.0 Å². The van der Waals surface area contributed by atoms with Crippen LogP contribution in [0.4, 0.5) is 0 Å². The van der Waals surface area contributed by atoms with Crippen LogP contribution in [0.3, 0.4) is 0 Å². The molecule has 0 saturated carbocycles. The fourth-order valence-corrected chi connectivity index (χ4v) is 0.641. The van der Waals surface area contributed by atoms with E-state index < -0.39 is 37.0 Å². The summed E-state index contributed by atoms with van der Waals surface area (Å²) in [6, 6.07) is -0.681. The molecular formula is C7H8BrN. The third-order valence-electron chi connectivity index (χ3n) is 0.791. The largest absolute Gasteiger partial charge is 0.249 e. The summed E-state index contributed by atoms with van der Waals surface area (Å²) in [7, 11) is 0. The number of nitrogens with zero attached hydrogens (tertiary/aromatic N) is 1. The molecule has 1 rings (SSSR count). The molecule has 0 aliphatic rings. The fraction of sp³-hybridized carbons (Fsp3) is 0.286. The van der Waals surface area contributed by atoms with Gasteiger partial charge >= 0.3 is 0 Å². The Labute approximate surface area is 74.5 Å². The van der Waals surface area contributed by atoms with Crippen LogP contribution in [0.15, 0.2) is 16.8 Å². The first-order valence-corrected chi connectivity index (χ1v) is 2.93. The van der Waals surface area contributed by atoms with E-state index in [2.05, 4.69) is 20.9 Å². The molecule has 0 radical (unpaired) electrons. The maximum absolute atomic E-state index is 7.49. The number of rotatable bonds is 0. The molecule has 48 valence electrons. The van der Waals surface area contributed by atoms with Crippen LogP contribution in [-0.2, 0) is 0 Å². The Morgan fingerprint density at radius 3 is 3.33 bits per heavy atom. The van der Waals surface area contributed by atoms with Crippen molar-refractivity contribution in [3.63, 3.8) is 0 Å². The molecule has 0 saturated heterocycles. The summed E-state index contributed by atoms with van der Waals surface area (Å²) in [6.45, 7) is -5.48. The first-order valence-electron chi connectivity index (χ1n) is 6.14. The lowest BCUT2D eigenvalue weighted by atomic mass is 10.2. The zero-order valence-electron chi connectivity index (χ0n) is 12.3. The molecule has 0 unspecified atom stereocenters. The Hall–Kier alpha value is -0.370. The topological polar surface area (TPSA) is 12.9 Å². The third kappa shape index (κ3) is 1.30. The zero-order chi connectivity index (χ0) is 13.6. The molecule has 1 heterocycles. The average molecular weight is 194 g/mol. The van der Waals surface area contributed by atoms with Crippen molar-refractivity contribution in [1.82, 2.24) is 4.98 Å². The lowest BCUT2D eigenvalue weighted by Gasteiger charge is -1.98. The maximum atomic E-state index is 7.49. The molecule has 0 fully saturated rings. The van der Waals surface area contributed by atoms with Crippen molar-refractivity contribution >= 4 is 15.9 Å². The van der Waals surface area contributed by atoms with Gasteiger partial charge in [0, 0.05) is 14.4 Å². The smallest absolute Gasteiger partial charge is 0.109 e. The van der Waals surface area contributed by atoms with Crippen molar-refractivity contribution in [2.75, 3.05) is 0 Å². The van der Waals surface area contributed by atoms with Crippen LogP contribution in [0, 0.1) is 13.7 Å². The Morgan fingerprint density at radius 1 is 1.78 bits per heavy atom. The highest BCUT2D eigenvalue weighted by Gasteiger charge is 1.95. The second kappa shape index (κ2) is 2.48. The van der Waals surface area contributed by atoms with Crippen LogP contribution in [-0.4, -0.2) is 4.98 Å². The van der Waals surface area contributed by atoms with Gasteiger partial charge in [-0.3, -0.25) is 0 Å². The highest BCUT2D eigenvalue weighted by molar-refractivity contribution is 9.10. The lowest BCUT2D eigenvalue weighted by Crippen LogP contribution is -1.83. The van der Waals surface area contributed by atoms with Crippen molar-refractivity contribution in [3.8, 4) is 0 Å². The van der Waals surface area contributed by atoms with E-state index in [1.54, 1.807) is 0 Å². The maximum Gasteiger partial charge on any atom is 0.109 e. The number of halogens is 1. The normalized spacial score (nSPS) is 25.4. The van der Waals surface area contributed by atoms with Gasteiger partial charge in [0.15, 0.2) is 0 Å². The summed E-state index contributed by atoms with van der Waals surface area (Å²) >= 11 is 2.84. The van der Waals surface area contributed by atoms with Gasteiger partial charge in [0.05, 0.1) is 2.74 Å². The molecule has 0 amide bonds. The molecule has 1 aromatic rings. The average Bonchev–Trinajstić information content (AvgIpc) is 2.06. The second-order valence-electron chi connectivity index (χ2n) is 1.39. The van der Waals surface area contributed by atoms with E-state index in [1.165, 1.54) is 0 Å². The summed E-state index contributed by atoms with van der Waals surface area (Å²) in [4.78, 5) is 3.50. The van der Waals surface area contributed by atoms with Gasteiger partial charge in [0.25, 0.3) is 0 Å². The number of pyridine rings is 1. The van der Waals surface area contributed by atoms with Gasteiger partial charge in [-0.1, -0.05) is 0 Å². The van der Waals surface area contributed by atoms with Gasteiger partial charge in [-0.25, -0.2) is 4.98 Å². The van der Waals surface area contributed by atoms with E-state index in [9.17, 15) is 0 Å². The number of hydrogen-bond donors (Lipinski definition) is 0.